The van der Waals surface area contributed by atoms with Crippen LogP contribution >= 0.6 is 27.7 Å². The Balaban J connectivity index is 2.46. The van der Waals surface area contributed by atoms with Gasteiger partial charge in [0.25, 0.3) is 0 Å². The number of anilines is 1. The molecule has 0 aliphatic heterocycles. The predicted molar refractivity (Wildman–Crippen MR) is 77.4 cm³/mol. The minimum Gasteiger partial charge on any atom is -0.367 e. The van der Waals surface area contributed by atoms with Crippen molar-refractivity contribution in [2.45, 2.75) is 33.2 Å². The first-order valence-electron chi connectivity index (χ1n) is 5.60. The second kappa shape index (κ2) is 7.17. The van der Waals surface area contributed by atoms with Crippen molar-refractivity contribution >= 4 is 33.5 Å². The van der Waals surface area contributed by atoms with Crippen LogP contribution in [0, 0.1) is 6.92 Å². The fourth-order valence-corrected chi connectivity index (χ4v) is 2.74. The van der Waals surface area contributed by atoms with Gasteiger partial charge in [0.1, 0.15) is 5.82 Å². The lowest BCUT2D eigenvalue weighted by atomic mass is 10.2. The Morgan fingerprint density at radius 3 is 2.94 bits per heavy atom. The minimum absolute atomic E-state index is 0.463. The highest BCUT2D eigenvalue weighted by Crippen LogP contribution is 2.21. The normalized spacial score (nSPS) is 12.5. The molecule has 0 bridgehead atoms. The van der Waals surface area contributed by atoms with Gasteiger partial charge in [0.2, 0.25) is 0 Å². The molecule has 90 valence electrons. The van der Waals surface area contributed by atoms with Gasteiger partial charge in [-0.3, -0.25) is 0 Å². The van der Waals surface area contributed by atoms with Gasteiger partial charge < -0.3 is 5.32 Å². The van der Waals surface area contributed by atoms with E-state index in [9.17, 15) is 0 Å². The van der Waals surface area contributed by atoms with Gasteiger partial charge >= 0.3 is 0 Å². The molecule has 0 fully saturated rings. The molecule has 0 aromatic carbocycles. The molecular weight excluding hydrogens is 284 g/mol. The maximum absolute atomic E-state index is 4.38. The van der Waals surface area contributed by atoms with E-state index in [1.165, 1.54) is 23.5 Å². The Morgan fingerprint density at radius 1 is 1.56 bits per heavy atom. The SMILES string of the molecule is CCSCCC(C)Nc1ncc(C)cc1Br. The van der Waals surface area contributed by atoms with Gasteiger partial charge in [-0.25, -0.2) is 4.98 Å². The Hall–Kier alpha value is -0.220. The zero-order chi connectivity index (χ0) is 12.0. The van der Waals surface area contributed by atoms with Crippen molar-refractivity contribution in [1.82, 2.24) is 4.98 Å². The van der Waals surface area contributed by atoms with Gasteiger partial charge in [0.15, 0.2) is 0 Å². The molecule has 1 atom stereocenters. The molecule has 0 aliphatic carbocycles. The molecule has 0 spiro atoms. The first-order chi connectivity index (χ1) is 7.63. The summed E-state index contributed by atoms with van der Waals surface area (Å²) in [5.74, 6) is 3.34. The molecule has 1 heterocycles. The van der Waals surface area contributed by atoms with Crippen LogP contribution in [0.15, 0.2) is 16.7 Å². The van der Waals surface area contributed by atoms with Crippen LogP contribution in [-0.4, -0.2) is 22.5 Å². The van der Waals surface area contributed by atoms with Crippen LogP contribution in [0.25, 0.3) is 0 Å². The molecule has 0 saturated heterocycles. The smallest absolute Gasteiger partial charge is 0.140 e. The first-order valence-corrected chi connectivity index (χ1v) is 7.54. The number of aryl methyl sites for hydroxylation is 1. The van der Waals surface area contributed by atoms with Crippen molar-refractivity contribution in [2.75, 3.05) is 16.8 Å². The molecule has 1 unspecified atom stereocenters. The summed E-state index contributed by atoms with van der Waals surface area (Å²) in [4.78, 5) is 4.38. The Morgan fingerprint density at radius 2 is 2.31 bits per heavy atom. The molecule has 2 nitrogen and oxygen atoms in total. The predicted octanol–water partition coefficient (Wildman–Crippen LogP) is 4.10. The average molecular weight is 303 g/mol. The number of pyridine rings is 1. The van der Waals surface area contributed by atoms with Crippen molar-refractivity contribution in [3.8, 4) is 0 Å². The average Bonchev–Trinajstić information content (AvgIpc) is 2.23. The van der Waals surface area contributed by atoms with Gasteiger partial charge in [-0.15, -0.1) is 0 Å². The van der Waals surface area contributed by atoms with Gasteiger partial charge in [-0.2, -0.15) is 11.8 Å². The fraction of sp³-hybridized carbons (Fsp3) is 0.583. The van der Waals surface area contributed by atoms with E-state index in [1.54, 1.807) is 0 Å². The molecule has 1 rings (SSSR count). The highest BCUT2D eigenvalue weighted by atomic mass is 79.9. The lowest BCUT2D eigenvalue weighted by Crippen LogP contribution is -2.17. The lowest BCUT2D eigenvalue weighted by Gasteiger charge is -2.15. The summed E-state index contributed by atoms with van der Waals surface area (Å²) >= 11 is 5.51. The summed E-state index contributed by atoms with van der Waals surface area (Å²) in [5.41, 5.74) is 1.17. The molecule has 0 amide bonds. The molecule has 1 aromatic heterocycles. The van der Waals surface area contributed by atoms with E-state index in [4.69, 9.17) is 0 Å². The van der Waals surface area contributed by atoms with Gasteiger partial charge in [0, 0.05) is 12.2 Å². The third-order valence-corrected chi connectivity index (χ3v) is 3.80. The summed E-state index contributed by atoms with van der Waals surface area (Å²) in [5, 5.41) is 3.42. The van der Waals surface area contributed by atoms with Gasteiger partial charge in [0.05, 0.1) is 4.47 Å². The number of nitrogens with zero attached hydrogens (tertiary/aromatic N) is 1. The summed E-state index contributed by atoms with van der Waals surface area (Å²) in [6.07, 6.45) is 3.06. The second-order valence-electron chi connectivity index (χ2n) is 3.87. The molecule has 16 heavy (non-hydrogen) atoms. The van der Waals surface area contributed by atoms with E-state index in [1.807, 2.05) is 24.9 Å². The number of rotatable bonds is 6. The van der Waals surface area contributed by atoms with E-state index in [2.05, 4.69) is 46.1 Å². The summed E-state index contributed by atoms with van der Waals surface area (Å²) in [6, 6.07) is 2.55. The molecule has 0 aliphatic rings. The van der Waals surface area contributed by atoms with Gasteiger partial charge in [-0.1, -0.05) is 6.92 Å². The molecule has 0 saturated carbocycles. The largest absolute Gasteiger partial charge is 0.367 e. The van der Waals surface area contributed by atoms with E-state index >= 15 is 0 Å². The summed E-state index contributed by atoms with van der Waals surface area (Å²) in [6.45, 7) is 6.44. The molecule has 1 N–H and O–H groups in total. The fourth-order valence-electron chi connectivity index (χ4n) is 1.35. The van der Waals surface area contributed by atoms with Crippen molar-refractivity contribution in [3.63, 3.8) is 0 Å². The molecule has 4 heteroatoms. The van der Waals surface area contributed by atoms with Crippen LogP contribution < -0.4 is 5.32 Å². The number of halogens is 1. The third-order valence-electron chi connectivity index (χ3n) is 2.26. The molecular formula is C12H19BrN2S. The Bertz CT molecular complexity index is 331. The van der Waals surface area contributed by atoms with Crippen LogP contribution in [0.3, 0.4) is 0 Å². The Labute approximate surface area is 111 Å². The highest BCUT2D eigenvalue weighted by molar-refractivity contribution is 9.10. The van der Waals surface area contributed by atoms with E-state index in [0.717, 1.165) is 10.3 Å². The standard InChI is InChI=1S/C12H19BrN2S/c1-4-16-6-5-10(3)15-12-11(13)7-9(2)8-14-12/h7-8,10H,4-6H2,1-3H3,(H,14,15). The maximum Gasteiger partial charge on any atom is 0.140 e. The third kappa shape index (κ3) is 4.74. The molecule has 0 radical (unpaired) electrons. The van der Waals surface area contributed by atoms with Crippen LogP contribution in [0.2, 0.25) is 0 Å². The highest BCUT2D eigenvalue weighted by Gasteiger charge is 2.06. The number of aromatic nitrogens is 1. The molecule has 1 aromatic rings. The van der Waals surface area contributed by atoms with Crippen molar-refractivity contribution in [1.29, 1.82) is 0 Å². The number of thioether (sulfide) groups is 1. The number of hydrogen-bond acceptors (Lipinski definition) is 3. The van der Waals surface area contributed by atoms with Crippen LogP contribution in [0.5, 0.6) is 0 Å². The van der Waals surface area contributed by atoms with Crippen LogP contribution in [-0.2, 0) is 0 Å². The summed E-state index contributed by atoms with van der Waals surface area (Å²) in [7, 11) is 0. The van der Waals surface area contributed by atoms with E-state index in [-0.39, 0.29) is 0 Å². The monoisotopic (exact) mass is 302 g/mol. The van der Waals surface area contributed by atoms with E-state index < -0.39 is 0 Å². The zero-order valence-corrected chi connectivity index (χ0v) is 12.5. The summed E-state index contributed by atoms with van der Waals surface area (Å²) < 4.78 is 1.04. The quantitative estimate of drug-likeness (QED) is 0.801. The van der Waals surface area contributed by atoms with Gasteiger partial charge in [-0.05, 0) is 59.3 Å². The number of nitrogens with one attached hydrogen (secondary N) is 1. The minimum atomic E-state index is 0.463. The maximum atomic E-state index is 4.38. The van der Waals surface area contributed by atoms with E-state index in [0.29, 0.717) is 6.04 Å². The van der Waals surface area contributed by atoms with Crippen molar-refractivity contribution < 1.29 is 0 Å². The zero-order valence-electron chi connectivity index (χ0n) is 10.1. The van der Waals surface area contributed by atoms with Crippen molar-refractivity contribution in [3.05, 3.63) is 22.3 Å². The topological polar surface area (TPSA) is 24.9 Å². The van der Waals surface area contributed by atoms with Crippen molar-refractivity contribution in [2.24, 2.45) is 0 Å². The first kappa shape index (κ1) is 13.8. The Kier molecular flexibility index (Phi) is 6.21. The second-order valence-corrected chi connectivity index (χ2v) is 6.12. The van der Waals surface area contributed by atoms with Crippen LogP contribution in [0.1, 0.15) is 25.8 Å². The van der Waals surface area contributed by atoms with Crippen LogP contribution in [0.4, 0.5) is 5.82 Å². The lowest BCUT2D eigenvalue weighted by molar-refractivity contribution is 0.765. The number of hydrogen-bond donors (Lipinski definition) is 1.